The molecule has 2 aromatic carbocycles. The SMILES string of the molecule is COc1ccc(CN(C)C(=O)CN(C)CC(=O)Nc2ccc(Cl)cc2)cc1. The first kappa shape index (κ1) is 20.7. The molecule has 0 unspecified atom stereocenters. The van der Waals surface area contributed by atoms with Crippen molar-refractivity contribution in [3.8, 4) is 5.75 Å². The molecule has 0 atom stereocenters. The Morgan fingerprint density at radius 2 is 1.63 bits per heavy atom. The molecule has 0 aliphatic heterocycles. The maximum atomic E-state index is 12.4. The monoisotopic (exact) mass is 389 g/mol. The van der Waals surface area contributed by atoms with E-state index in [4.69, 9.17) is 16.3 Å². The molecular weight excluding hydrogens is 366 g/mol. The van der Waals surface area contributed by atoms with Crippen molar-refractivity contribution in [3.63, 3.8) is 0 Å². The maximum absolute atomic E-state index is 12.4. The Labute approximate surface area is 164 Å². The first-order chi connectivity index (χ1) is 12.9. The van der Waals surface area contributed by atoms with Crippen molar-refractivity contribution in [1.82, 2.24) is 9.80 Å². The number of carbonyl (C=O) groups excluding carboxylic acids is 2. The third-order valence-corrected chi connectivity index (χ3v) is 4.20. The molecule has 6 nitrogen and oxygen atoms in total. The molecule has 0 aliphatic carbocycles. The van der Waals surface area contributed by atoms with Gasteiger partial charge in [-0.3, -0.25) is 14.5 Å². The van der Waals surface area contributed by atoms with Crippen LogP contribution >= 0.6 is 11.6 Å². The number of rotatable bonds is 8. The Morgan fingerprint density at radius 1 is 1.00 bits per heavy atom. The molecule has 27 heavy (non-hydrogen) atoms. The van der Waals surface area contributed by atoms with Crippen LogP contribution in [0.2, 0.25) is 5.02 Å². The Morgan fingerprint density at radius 3 is 2.22 bits per heavy atom. The lowest BCUT2D eigenvalue weighted by Crippen LogP contribution is -2.39. The summed E-state index contributed by atoms with van der Waals surface area (Å²) in [5.41, 5.74) is 1.68. The van der Waals surface area contributed by atoms with E-state index in [-0.39, 0.29) is 24.9 Å². The average molecular weight is 390 g/mol. The minimum Gasteiger partial charge on any atom is -0.497 e. The van der Waals surface area contributed by atoms with Crippen molar-refractivity contribution in [1.29, 1.82) is 0 Å². The number of ether oxygens (including phenoxy) is 1. The zero-order valence-electron chi connectivity index (χ0n) is 15.7. The van der Waals surface area contributed by atoms with E-state index in [2.05, 4.69) is 5.32 Å². The van der Waals surface area contributed by atoms with Crippen molar-refractivity contribution >= 4 is 29.1 Å². The summed E-state index contributed by atoms with van der Waals surface area (Å²) < 4.78 is 5.13. The van der Waals surface area contributed by atoms with Crippen LogP contribution in [0.15, 0.2) is 48.5 Å². The van der Waals surface area contributed by atoms with Gasteiger partial charge in [0.25, 0.3) is 0 Å². The van der Waals surface area contributed by atoms with Gasteiger partial charge in [0.15, 0.2) is 0 Å². The van der Waals surface area contributed by atoms with Crippen LogP contribution in [0.3, 0.4) is 0 Å². The number of amides is 2. The number of methoxy groups -OCH3 is 1. The number of nitrogens with one attached hydrogen (secondary N) is 1. The molecule has 0 bridgehead atoms. The van der Waals surface area contributed by atoms with Gasteiger partial charge in [-0.05, 0) is 49.0 Å². The van der Waals surface area contributed by atoms with Crippen molar-refractivity contribution < 1.29 is 14.3 Å². The highest BCUT2D eigenvalue weighted by molar-refractivity contribution is 6.30. The Balaban J connectivity index is 1.79. The highest BCUT2D eigenvalue weighted by Crippen LogP contribution is 2.14. The number of benzene rings is 2. The standard InChI is InChI=1S/C20H24ClN3O3/c1-23(13-19(25)22-17-8-6-16(21)7-9-17)14-20(26)24(2)12-15-4-10-18(27-3)11-5-15/h4-11H,12-14H2,1-3H3,(H,22,25). The average Bonchev–Trinajstić information content (AvgIpc) is 2.64. The van der Waals surface area contributed by atoms with Crippen LogP contribution in [0.25, 0.3) is 0 Å². The summed E-state index contributed by atoms with van der Waals surface area (Å²) in [5, 5.41) is 3.38. The molecule has 0 heterocycles. The summed E-state index contributed by atoms with van der Waals surface area (Å²) in [7, 11) is 5.10. The number of hydrogen-bond acceptors (Lipinski definition) is 4. The van der Waals surface area contributed by atoms with Crippen molar-refractivity contribution in [2.75, 3.05) is 39.6 Å². The van der Waals surface area contributed by atoms with E-state index >= 15 is 0 Å². The fraction of sp³-hybridized carbons (Fsp3) is 0.300. The predicted molar refractivity (Wildman–Crippen MR) is 107 cm³/mol. The summed E-state index contributed by atoms with van der Waals surface area (Å²) in [4.78, 5) is 27.8. The maximum Gasteiger partial charge on any atom is 0.238 e. The molecule has 0 aromatic heterocycles. The fourth-order valence-corrected chi connectivity index (χ4v) is 2.61. The number of carbonyl (C=O) groups is 2. The third kappa shape index (κ3) is 6.92. The molecule has 2 rings (SSSR count). The summed E-state index contributed by atoms with van der Waals surface area (Å²) in [6.45, 7) is 0.763. The van der Waals surface area contributed by atoms with Crippen LogP contribution in [-0.4, -0.2) is 55.9 Å². The highest BCUT2D eigenvalue weighted by Gasteiger charge is 2.14. The van der Waals surface area contributed by atoms with E-state index < -0.39 is 0 Å². The van der Waals surface area contributed by atoms with Gasteiger partial charge in [-0.15, -0.1) is 0 Å². The molecule has 0 saturated heterocycles. The summed E-state index contributed by atoms with van der Waals surface area (Å²) in [6, 6.07) is 14.4. The van der Waals surface area contributed by atoms with Crippen LogP contribution in [0.4, 0.5) is 5.69 Å². The molecule has 0 spiro atoms. The van der Waals surface area contributed by atoms with Gasteiger partial charge in [0, 0.05) is 24.3 Å². The van der Waals surface area contributed by atoms with E-state index in [0.717, 1.165) is 11.3 Å². The second-order valence-corrected chi connectivity index (χ2v) is 6.76. The normalized spacial score (nSPS) is 10.6. The Bertz CT molecular complexity index is 763. The fourth-order valence-electron chi connectivity index (χ4n) is 2.48. The molecule has 0 saturated carbocycles. The van der Waals surface area contributed by atoms with Crippen LogP contribution in [0, 0.1) is 0 Å². The van der Waals surface area contributed by atoms with Crippen LogP contribution < -0.4 is 10.1 Å². The predicted octanol–water partition coefficient (Wildman–Crippen LogP) is 2.88. The van der Waals surface area contributed by atoms with Gasteiger partial charge in [0.05, 0.1) is 20.2 Å². The second-order valence-electron chi connectivity index (χ2n) is 6.33. The first-order valence-electron chi connectivity index (χ1n) is 8.48. The van der Waals surface area contributed by atoms with Crippen LogP contribution in [0.1, 0.15) is 5.56 Å². The summed E-state index contributed by atoms with van der Waals surface area (Å²) >= 11 is 5.82. The van der Waals surface area contributed by atoms with E-state index in [1.807, 2.05) is 24.3 Å². The van der Waals surface area contributed by atoms with Crippen LogP contribution in [-0.2, 0) is 16.1 Å². The van der Waals surface area contributed by atoms with E-state index in [0.29, 0.717) is 17.3 Å². The molecule has 1 N–H and O–H groups in total. The Hall–Kier alpha value is -2.57. The van der Waals surface area contributed by atoms with E-state index in [1.165, 1.54) is 0 Å². The lowest BCUT2D eigenvalue weighted by atomic mass is 10.2. The minimum atomic E-state index is -0.189. The van der Waals surface area contributed by atoms with Gasteiger partial charge in [-0.2, -0.15) is 0 Å². The van der Waals surface area contributed by atoms with E-state index in [9.17, 15) is 9.59 Å². The molecule has 0 fully saturated rings. The van der Waals surface area contributed by atoms with Gasteiger partial charge in [-0.1, -0.05) is 23.7 Å². The van der Waals surface area contributed by atoms with Crippen molar-refractivity contribution in [2.24, 2.45) is 0 Å². The topological polar surface area (TPSA) is 61.9 Å². The number of hydrogen-bond donors (Lipinski definition) is 1. The molecule has 2 amide bonds. The number of anilines is 1. The molecule has 0 aliphatic rings. The lowest BCUT2D eigenvalue weighted by molar-refractivity contribution is -0.131. The summed E-state index contributed by atoms with van der Waals surface area (Å²) in [6.07, 6.45) is 0. The zero-order chi connectivity index (χ0) is 19.8. The molecule has 2 aromatic rings. The van der Waals surface area contributed by atoms with Crippen LogP contribution in [0.5, 0.6) is 5.75 Å². The first-order valence-corrected chi connectivity index (χ1v) is 8.86. The van der Waals surface area contributed by atoms with Crippen molar-refractivity contribution in [3.05, 3.63) is 59.1 Å². The molecule has 7 heteroatoms. The summed E-state index contributed by atoms with van der Waals surface area (Å²) in [5.74, 6) is 0.525. The number of likely N-dealkylation sites (N-methyl/N-ethyl adjacent to an activating group) is 2. The van der Waals surface area contributed by atoms with Gasteiger partial charge >= 0.3 is 0 Å². The van der Waals surface area contributed by atoms with Gasteiger partial charge in [0.2, 0.25) is 11.8 Å². The lowest BCUT2D eigenvalue weighted by Gasteiger charge is -2.22. The van der Waals surface area contributed by atoms with E-state index in [1.54, 1.807) is 55.3 Å². The zero-order valence-corrected chi connectivity index (χ0v) is 16.5. The molecule has 0 radical (unpaired) electrons. The highest BCUT2D eigenvalue weighted by atomic mass is 35.5. The van der Waals surface area contributed by atoms with Gasteiger partial charge in [-0.25, -0.2) is 0 Å². The van der Waals surface area contributed by atoms with Crippen molar-refractivity contribution in [2.45, 2.75) is 6.54 Å². The Kier molecular flexibility index (Phi) is 7.64. The molecule has 144 valence electrons. The third-order valence-electron chi connectivity index (χ3n) is 3.95. The minimum absolute atomic E-state index is 0.0624. The smallest absolute Gasteiger partial charge is 0.238 e. The second kappa shape index (κ2) is 9.94. The quantitative estimate of drug-likeness (QED) is 0.754. The van der Waals surface area contributed by atoms with Gasteiger partial charge in [0.1, 0.15) is 5.75 Å². The number of nitrogens with zero attached hydrogens (tertiary/aromatic N) is 2. The largest absolute Gasteiger partial charge is 0.497 e. The number of halogens is 1. The van der Waals surface area contributed by atoms with Gasteiger partial charge < -0.3 is 15.0 Å². The molecular formula is C20H24ClN3O3.